The average molecular weight is 603 g/mol. The van der Waals surface area contributed by atoms with Crippen molar-refractivity contribution >= 4 is 29.8 Å². The SMILES string of the molecule is CCCCCCSc1nc(C2CC2)cc(C(OCC)OCC)n1.CCCCCCSc1nc(C=O)cc(C2CC2)n1. The second-order valence-corrected chi connectivity index (χ2v) is 12.9. The minimum absolute atomic E-state index is 0.370. The van der Waals surface area contributed by atoms with Gasteiger partial charge in [-0.3, -0.25) is 4.79 Å². The largest absolute Gasteiger partial charge is 0.347 e. The second kappa shape index (κ2) is 19.6. The maximum Gasteiger partial charge on any atom is 0.201 e. The molecule has 0 radical (unpaired) electrons. The van der Waals surface area contributed by atoms with Crippen molar-refractivity contribution in [3.63, 3.8) is 0 Å². The molecule has 7 nitrogen and oxygen atoms in total. The molecule has 2 heterocycles. The third kappa shape index (κ3) is 13.1. The van der Waals surface area contributed by atoms with Gasteiger partial charge < -0.3 is 9.47 Å². The molecule has 0 spiro atoms. The van der Waals surface area contributed by atoms with Crippen molar-refractivity contribution in [3.05, 3.63) is 34.9 Å². The van der Waals surface area contributed by atoms with Gasteiger partial charge in [0.15, 0.2) is 16.6 Å². The van der Waals surface area contributed by atoms with Crippen LogP contribution >= 0.6 is 23.5 Å². The van der Waals surface area contributed by atoms with Gasteiger partial charge in [-0.05, 0) is 64.5 Å². The Morgan fingerprint density at radius 3 is 1.71 bits per heavy atom. The Kier molecular flexibility index (Phi) is 16.2. The topological polar surface area (TPSA) is 87.1 Å². The number of thioether (sulfide) groups is 2. The highest BCUT2D eigenvalue weighted by atomic mass is 32.2. The van der Waals surface area contributed by atoms with Gasteiger partial charge in [-0.1, -0.05) is 75.9 Å². The van der Waals surface area contributed by atoms with E-state index in [0.29, 0.717) is 30.7 Å². The predicted octanol–water partition coefficient (Wildman–Crippen LogP) is 8.94. The Labute approximate surface area is 256 Å². The summed E-state index contributed by atoms with van der Waals surface area (Å²) in [5.74, 6) is 3.32. The highest BCUT2D eigenvalue weighted by Gasteiger charge is 2.28. The minimum atomic E-state index is -0.370. The molecule has 2 aromatic rings. The number of carbonyl (C=O) groups excluding carboxylic acids is 1. The van der Waals surface area contributed by atoms with Gasteiger partial charge in [-0.2, -0.15) is 0 Å². The lowest BCUT2D eigenvalue weighted by atomic mass is 10.2. The number of rotatable bonds is 20. The van der Waals surface area contributed by atoms with Crippen LogP contribution in [0.5, 0.6) is 0 Å². The van der Waals surface area contributed by atoms with E-state index in [2.05, 4.69) is 29.9 Å². The summed E-state index contributed by atoms with van der Waals surface area (Å²) < 4.78 is 11.4. The summed E-state index contributed by atoms with van der Waals surface area (Å²) in [6.45, 7) is 9.66. The molecule has 2 aliphatic carbocycles. The molecule has 0 amide bonds. The van der Waals surface area contributed by atoms with Crippen LogP contribution in [-0.2, 0) is 9.47 Å². The van der Waals surface area contributed by atoms with Crippen molar-refractivity contribution in [1.29, 1.82) is 0 Å². The molecule has 2 saturated carbocycles. The predicted molar refractivity (Wildman–Crippen MR) is 169 cm³/mol. The van der Waals surface area contributed by atoms with Gasteiger partial charge in [-0.15, -0.1) is 0 Å². The first kappa shape index (κ1) is 33.9. The summed E-state index contributed by atoms with van der Waals surface area (Å²) in [5.41, 5.74) is 3.63. The van der Waals surface area contributed by atoms with Crippen LogP contribution in [-0.4, -0.2) is 50.9 Å². The van der Waals surface area contributed by atoms with E-state index in [1.807, 2.05) is 19.9 Å². The van der Waals surface area contributed by atoms with Gasteiger partial charge in [0.2, 0.25) is 6.29 Å². The highest BCUT2D eigenvalue weighted by molar-refractivity contribution is 7.99. The first-order chi connectivity index (χ1) is 20.1. The molecule has 4 rings (SSSR count). The van der Waals surface area contributed by atoms with Crippen molar-refractivity contribution in [2.75, 3.05) is 24.7 Å². The van der Waals surface area contributed by atoms with Crippen LogP contribution in [0.2, 0.25) is 0 Å². The quantitative estimate of drug-likeness (QED) is 0.0484. The molecule has 9 heteroatoms. The number of hydrogen-bond donors (Lipinski definition) is 0. The maximum absolute atomic E-state index is 10.9. The van der Waals surface area contributed by atoms with Crippen LogP contribution < -0.4 is 0 Å². The molecule has 0 N–H and O–H groups in total. The van der Waals surface area contributed by atoms with Crippen LogP contribution in [0.1, 0.15) is 150 Å². The fourth-order valence-electron chi connectivity index (χ4n) is 4.32. The zero-order valence-corrected chi connectivity index (χ0v) is 27.2. The molecule has 2 fully saturated rings. The lowest BCUT2D eigenvalue weighted by molar-refractivity contribution is -0.143. The van der Waals surface area contributed by atoms with Crippen molar-refractivity contribution in [2.24, 2.45) is 0 Å². The van der Waals surface area contributed by atoms with E-state index < -0.39 is 0 Å². The standard InChI is InChI=1S/C18H30N2O2S.C14H20N2OS/c1-4-7-8-9-12-23-18-19-15(14-10-11-14)13-16(20-18)17(21-5-2)22-6-3;1-2-3-4-5-8-18-14-15-12(10-17)9-13(16-14)11-6-7-11/h13-14,17H,4-12H2,1-3H3;9-11H,2-8H2,1H3. The minimum Gasteiger partial charge on any atom is -0.347 e. The number of hydrogen-bond acceptors (Lipinski definition) is 9. The highest BCUT2D eigenvalue weighted by Crippen LogP contribution is 2.41. The summed E-state index contributed by atoms with van der Waals surface area (Å²) in [4.78, 5) is 29.1. The van der Waals surface area contributed by atoms with Crippen LogP contribution in [0.15, 0.2) is 22.4 Å². The van der Waals surface area contributed by atoms with Crippen molar-refractivity contribution in [2.45, 2.75) is 133 Å². The summed E-state index contributed by atoms with van der Waals surface area (Å²) in [5, 5.41) is 1.66. The Hall–Kier alpha value is -1.55. The number of aromatic nitrogens is 4. The maximum atomic E-state index is 10.9. The monoisotopic (exact) mass is 602 g/mol. The van der Waals surface area contributed by atoms with Gasteiger partial charge in [0.1, 0.15) is 11.4 Å². The number of aldehydes is 1. The summed E-state index contributed by atoms with van der Waals surface area (Å²) in [7, 11) is 0. The first-order valence-corrected chi connectivity index (χ1v) is 17.8. The van der Waals surface area contributed by atoms with Crippen molar-refractivity contribution < 1.29 is 14.3 Å². The van der Waals surface area contributed by atoms with E-state index >= 15 is 0 Å². The molecule has 2 aliphatic rings. The van der Waals surface area contributed by atoms with E-state index in [4.69, 9.17) is 19.4 Å². The molecular weight excluding hydrogens is 553 g/mol. The fraction of sp³-hybridized carbons (Fsp3) is 0.719. The normalized spacial score (nSPS) is 14.7. The zero-order chi connectivity index (χ0) is 29.3. The lowest BCUT2D eigenvalue weighted by Crippen LogP contribution is -2.12. The van der Waals surface area contributed by atoms with Gasteiger partial charge in [-0.25, -0.2) is 19.9 Å². The molecule has 0 aromatic carbocycles. The van der Waals surface area contributed by atoms with Crippen LogP contribution in [0.4, 0.5) is 0 Å². The molecule has 0 atom stereocenters. The van der Waals surface area contributed by atoms with E-state index in [1.165, 1.54) is 77.0 Å². The summed E-state index contributed by atoms with van der Waals surface area (Å²) >= 11 is 3.44. The number of unbranched alkanes of at least 4 members (excludes halogenated alkanes) is 6. The van der Waals surface area contributed by atoms with E-state index in [1.54, 1.807) is 23.5 Å². The molecule has 0 bridgehead atoms. The fourth-order valence-corrected chi connectivity index (χ4v) is 6.06. The third-order valence-electron chi connectivity index (χ3n) is 6.94. The Morgan fingerprint density at radius 1 is 0.732 bits per heavy atom. The molecular formula is C32H50N4O3S2. The second-order valence-electron chi connectivity index (χ2n) is 10.7. The van der Waals surface area contributed by atoms with Gasteiger partial charge >= 0.3 is 0 Å². The Balaban J connectivity index is 0.000000232. The Morgan fingerprint density at radius 2 is 1.24 bits per heavy atom. The molecule has 0 aliphatic heterocycles. The van der Waals surface area contributed by atoms with E-state index in [0.717, 1.165) is 45.2 Å². The number of ether oxygens (including phenoxy) is 2. The summed E-state index contributed by atoms with van der Waals surface area (Å²) in [6.07, 6.45) is 15.5. The van der Waals surface area contributed by atoms with E-state index in [9.17, 15) is 4.79 Å². The number of carbonyl (C=O) groups is 1. The third-order valence-corrected chi connectivity index (χ3v) is 8.81. The molecule has 2 aromatic heterocycles. The Bertz CT molecular complexity index is 1030. The first-order valence-electron chi connectivity index (χ1n) is 15.8. The van der Waals surface area contributed by atoms with Crippen molar-refractivity contribution in [1.82, 2.24) is 19.9 Å². The lowest BCUT2D eigenvalue weighted by Gasteiger charge is -2.17. The van der Waals surface area contributed by atoms with Gasteiger partial charge in [0.25, 0.3) is 0 Å². The zero-order valence-electron chi connectivity index (χ0n) is 25.6. The van der Waals surface area contributed by atoms with Crippen LogP contribution in [0, 0.1) is 0 Å². The van der Waals surface area contributed by atoms with Crippen LogP contribution in [0.25, 0.3) is 0 Å². The van der Waals surface area contributed by atoms with E-state index in [-0.39, 0.29) is 6.29 Å². The molecule has 228 valence electrons. The number of nitrogens with zero attached hydrogens (tertiary/aromatic N) is 4. The van der Waals surface area contributed by atoms with Gasteiger partial charge in [0.05, 0.1) is 0 Å². The average Bonchev–Trinajstić information content (AvgIpc) is 3.90. The summed E-state index contributed by atoms with van der Waals surface area (Å²) in [6, 6.07) is 3.92. The molecule has 41 heavy (non-hydrogen) atoms. The molecule has 0 saturated heterocycles. The smallest absolute Gasteiger partial charge is 0.201 e. The van der Waals surface area contributed by atoms with Crippen molar-refractivity contribution in [3.8, 4) is 0 Å². The van der Waals surface area contributed by atoms with Crippen LogP contribution in [0.3, 0.4) is 0 Å². The van der Waals surface area contributed by atoms with Gasteiger partial charge in [0, 0.05) is 47.9 Å². The molecule has 0 unspecified atom stereocenters.